The molecule has 0 saturated carbocycles. The number of nitrogens with zero attached hydrogens (tertiary/aromatic N) is 1. The average molecular weight is 298 g/mol. The number of rotatable bonds is 2. The molecule has 1 heterocycles. The van der Waals surface area contributed by atoms with Crippen LogP contribution in [0.4, 0.5) is 10.5 Å². The molecule has 0 bridgehead atoms. The first-order valence-corrected chi connectivity index (χ1v) is 8.25. The van der Waals surface area contributed by atoms with Crippen molar-refractivity contribution in [3.8, 4) is 0 Å². The van der Waals surface area contributed by atoms with Crippen molar-refractivity contribution in [3.63, 3.8) is 0 Å². The van der Waals surface area contributed by atoms with Crippen LogP contribution in [-0.2, 0) is 13.0 Å². The van der Waals surface area contributed by atoms with E-state index in [4.69, 9.17) is 0 Å². The number of benzene rings is 2. The molecule has 0 fully saturated rings. The summed E-state index contributed by atoms with van der Waals surface area (Å²) in [7, 11) is 0. The minimum Gasteiger partial charge on any atom is -0.320 e. The van der Waals surface area contributed by atoms with Crippen LogP contribution in [0.3, 0.4) is 0 Å². The Morgan fingerprint density at radius 3 is 2.76 bits per heavy atom. The zero-order valence-electron chi connectivity index (χ0n) is 12.0. The molecule has 21 heavy (non-hydrogen) atoms. The summed E-state index contributed by atoms with van der Waals surface area (Å²) in [6.07, 6.45) is 2.96. The summed E-state index contributed by atoms with van der Waals surface area (Å²) < 4.78 is 0. The van der Waals surface area contributed by atoms with Crippen LogP contribution in [-0.4, -0.2) is 23.7 Å². The molecule has 0 aromatic heterocycles. The van der Waals surface area contributed by atoms with E-state index in [-0.39, 0.29) is 6.03 Å². The third-order valence-corrected chi connectivity index (χ3v) is 4.46. The van der Waals surface area contributed by atoms with E-state index in [1.54, 1.807) is 11.8 Å². The Kier molecular flexibility index (Phi) is 4.15. The predicted octanol–water partition coefficient (Wildman–Crippen LogP) is 4.00. The van der Waals surface area contributed by atoms with Gasteiger partial charge in [-0.05, 0) is 42.0 Å². The van der Waals surface area contributed by atoms with Crippen molar-refractivity contribution in [3.05, 3.63) is 59.7 Å². The molecule has 2 aromatic carbocycles. The number of hydrogen-bond acceptors (Lipinski definition) is 2. The molecule has 0 atom stereocenters. The minimum atomic E-state index is -0.0252. The van der Waals surface area contributed by atoms with Crippen LogP contribution in [0.25, 0.3) is 0 Å². The Hall–Kier alpha value is -1.94. The monoisotopic (exact) mass is 298 g/mol. The summed E-state index contributed by atoms with van der Waals surface area (Å²) in [6.45, 7) is 1.45. The van der Waals surface area contributed by atoms with Crippen molar-refractivity contribution in [2.24, 2.45) is 0 Å². The summed E-state index contributed by atoms with van der Waals surface area (Å²) in [6, 6.07) is 16.2. The van der Waals surface area contributed by atoms with Crippen LogP contribution in [0.1, 0.15) is 11.1 Å². The molecule has 0 spiro atoms. The second-order valence-electron chi connectivity index (χ2n) is 5.10. The first-order valence-electron chi connectivity index (χ1n) is 7.03. The summed E-state index contributed by atoms with van der Waals surface area (Å²) >= 11 is 1.67. The predicted molar refractivity (Wildman–Crippen MR) is 87.8 cm³/mol. The number of nitrogens with one attached hydrogen (secondary N) is 1. The Morgan fingerprint density at radius 1 is 1.14 bits per heavy atom. The van der Waals surface area contributed by atoms with E-state index in [9.17, 15) is 4.79 Å². The highest BCUT2D eigenvalue weighted by Crippen LogP contribution is 2.21. The number of fused-ring (bicyclic) bond motifs is 1. The van der Waals surface area contributed by atoms with Gasteiger partial charge in [-0.25, -0.2) is 4.79 Å². The Bertz CT molecular complexity index is 657. The topological polar surface area (TPSA) is 32.3 Å². The maximum Gasteiger partial charge on any atom is 0.322 e. The van der Waals surface area contributed by atoms with Gasteiger partial charge < -0.3 is 10.2 Å². The molecule has 4 heteroatoms. The molecule has 1 aliphatic heterocycles. The minimum absolute atomic E-state index is 0.0252. The summed E-state index contributed by atoms with van der Waals surface area (Å²) in [5.74, 6) is 0. The lowest BCUT2D eigenvalue weighted by Crippen LogP contribution is -2.38. The quantitative estimate of drug-likeness (QED) is 0.850. The van der Waals surface area contributed by atoms with Gasteiger partial charge in [0.1, 0.15) is 0 Å². The van der Waals surface area contributed by atoms with Crippen LogP contribution in [0, 0.1) is 0 Å². The first kappa shape index (κ1) is 14.0. The normalized spacial score (nSPS) is 13.7. The molecule has 2 amide bonds. The largest absolute Gasteiger partial charge is 0.322 e. The maximum absolute atomic E-state index is 12.4. The highest BCUT2D eigenvalue weighted by molar-refractivity contribution is 7.98. The molecule has 1 N–H and O–H groups in total. The lowest BCUT2D eigenvalue weighted by Gasteiger charge is -2.29. The summed E-state index contributed by atoms with van der Waals surface area (Å²) in [5, 5.41) is 2.99. The summed E-state index contributed by atoms with van der Waals surface area (Å²) in [4.78, 5) is 15.4. The average Bonchev–Trinajstić information content (AvgIpc) is 2.54. The van der Waals surface area contributed by atoms with Gasteiger partial charge in [0.05, 0.1) is 0 Å². The standard InChI is InChI=1S/C17H18N2OS/c1-21-16-8-4-7-15(11-16)18-17(20)19-10-9-13-5-2-3-6-14(13)12-19/h2-8,11H,9-10,12H2,1H3,(H,18,20). The molecule has 0 saturated heterocycles. The van der Waals surface area contributed by atoms with E-state index in [2.05, 4.69) is 23.5 Å². The van der Waals surface area contributed by atoms with Gasteiger partial charge in [-0.3, -0.25) is 0 Å². The van der Waals surface area contributed by atoms with Crippen LogP contribution >= 0.6 is 11.8 Å². The number of carbonyl (C=O) groups excluding carboxylic acids is 1. The van der Waals surface area contributed by atoms with Crippen molar-refractivity contribution in [1.82, 2.24) is 4.90 Å². The molecule has 3 rings (SSSR count). The van der Waals surface area contributed by atoms with Crippen molar-refractivity contribution in [2.45, 2.75) is 17.9 Å². The fourth-order valence-corrected chi connectivity index (χ4v) is 3.03. The number of urea groups is 1. The zero-order chi connectivity index (χ0) is 14.7. The van der Waals surface area contributed by atoms with Gasteiger partial charge in [0, 0.05) is 23.7 Å². The molecule has 1 aliphatic rings. The van der Waals surface area contributed by atoms with Crippen LogP contribution in [0.2, 0.25) is 0 Å². The van der Waals surface area contributed by atoms with Crippen molar-refractivity contribution in [2.75, 3.05) is 18.1 Å². The smallest absolute Gasteiger partial charge is 0.320 e. The zero-order valence-corrected chi connectivity index (χ0v) is 12.8. The number of hydrogen-bond donors (Lipinski definition) is 1. The highest BCUT2D eigenvalue weighted by Gasteiger charge is 2.20. The van der Waals surface area contributed by atoms with Gasteiger partial charge in [0.15, 0.2) is 0 Å². The van der Waals surface area contributed by atoms with Gasteiger partial charge >= 0.3 is 6.03 Å². The van der Waals surface area contributed by atoms with E-state index < -0.39 is 0 Å². The van der Waals surface area contributed by atoms with E-state index in [1.165, 1.54) is 11.1 Å². The molecule has 108 valence electrons. The second kappa shape index (κ2) is 6.22. The van der Waals surface area contributed by atoms with Crippen molar-refractivity contribution < 1.29 is 4.79 Å². The van der Waals surface area contributed by atoms with Gasteiger partial charge in [-0.15, -0.1) is 11.8 Å². The van der Waals surface area contributed by atoms with Crippen molar-refractivity contribution >= 4 is 23.5 Å². The van der Waals surface area contributed by atoms with Gasteiger partial charge in [0.25, 0.3) is 0 Å². The van der Waals surface area contributed by atoms with E-state index >= 15 is 0 Å². The lowest BCUT2D eigenvalue weighted by atomic mass is 10.0. The Labute approximate surface area is 129 Å². The van der Waals surface area contributed by atoms with E-state index in [1.807, 2.05) is 41.5 Å². The van der Waals surface area contributed by atoms with Gasteiger partial charge in [-0.2, -0.15) is 0 Å². The third-order valence-electron chi connectivity index (χ3n) is 3.74. The van der Waals surface area contributed by atoms with Crippen LogP contribution in [0.5, 0.6) is 0 Å². The van der Waals surface area contributed by atoms with Gasteiger partial charge in [0.2, 0.25) is 0 Å². The fourth-order valence-electron chi connectivity index (χ4n) is 2.57. The second-order valence-corrected chi connectivity index (χ2v) is 5.98. The fraction of sp³-hybridized carbons (Fsp3) is 0.235. The number of anilines is 1. The molecular weight excluding hydrogens is 280 g/mol. The molecular formula is C17H18N2OS. The molecule has 2 aromatic rings. The third kappa shape index (κ3) is 3.22. The molecule has 0 unspecified atom stereocenters. The van der Waals surface area contributed by atoms with Crippen LogP contribution in [0.15, 0.2) is 53.4 Å². The number of carbonyl (C=O) groups is 1. The first-order chi connectivity index (χ1) is 10.3. The Balaban J connectivity index is 1.69. The number of thioether (sulfide) groups is 1. The molecule has 3 nitrogen and oxygen atoms in total. The van der Waals surface area contributed by atoms with Crippen LogP contribution < -0.4 is 5.32 Å². The Morgan fingerprint density at radius 2 is 1.95 bits per heavy atom. The molecule has 0 aliphatic carbocycles. The van der Waals surface area contributed by atoms with E-state index in [0.717, 1.165) is 23.5 Å². The SMILES string of the molecule is CSc1cccc(NC(=O)N2CCc3ccccc3C2)c1. The molecule has 0 radical (unpaired) electrons. The van der Waals surface area contributed by atoms with Crippen molar-refractivity contribution in [1.29, 1.82) is 0 Å². The summed E-state index contributed by atoms with van der Waals surface area (Å²) in [5.41, 5.74) is 3.45. The number of amides is 2. The van der Waals surface area contributed by atoms with E-state index in [0.29, 0.717) is 6.54 Å². The lowest BCUT2D eigenvalue weighted by molar-refractivity contribution is 0.206. The highest BCUT2D eigenvalue weighted by atomic mass is 32.2. The van der Waals surface area contributed by atoms with Gasteiger partial charge in [-0.1, -0.05) is 30.3 Å². The maximum atomic E-state index is 12.4.